The van der Waals surface area contributed by atoms with Gasteiger partial charge in [-0.3, -0.25) is 4.79 Å². The highest BCUT2D eigenvalue weighted by molar-refractivity contribution is 7.80. The van der Waals surface area contributed by atoms with Crippen LogP contribution in [-0.4, -0.2) is 37.5 Å². The van der Waals surface area contributed by atoms with Crippen LogP contribution in [0.15, 0.2) is 23.1 Å². The fourth-order valence-electron chi connectivity index (χ4n) is 2.55. The van der Waals surface area contributed by atoms with Crippen LogP contribution in [0.1, 0.15) is 23.2 Å². The summed E-state index contributed by atoms with van der Waals surface area (Å²) in [6.07, 6.45) is 2.08. The molecule has 104 valence electrons. The Morgan fingerprint density at radius 1 is 1.58 bits per heavy atom. The van der Waals surface area contributed by atoms with Crippen LogP contribution >= 0.6 is 12.6 Å². The molecule has 0 saturated carbocycles. The van der Waals surface area contributed by atoms with Crippen molar-refractivity contribution < 1.29 is 9.18 Å². The second-order valence-electron chi connectivity index (χ2n) is 4.98. The van der Waals surface area contributed by atoms with E-state index in [4.69, 9.17) is 0 Å². The summed E-state index contributed by atoms with van der Waals surface area (Å²) in [5, 5.41) is 3.13. The highest BCUT2D eigenvalue weighted by Crippen LogP contribution is 2.20. The minimum atomic E-state index is -0.474. The third-order valence-corrected chi connectivity index (χ3v) is 3.76. The highest BCUT2D eigenvalue weighted by Gasteiger charge is 2.25. The Labute approximate surface area is 118 Å². The van der Waals surface area contributed by atoms with Gasteiger partial charge in [-0.25, -0.2) is 4.39 Å². The lowest BCUT2D eigenvalue weighted by molar-refractivity contribution is 0.0669. The van der Waals surface area contributed by atoms with E-state index in [1.165, 1.54) is 12.1 Å². The Hall–Kier alpha value is -1.07. The van der Waals surface area contributed by atoms with Gasteiger partial charge >= 0.3 is 0 Å². The van der Waals surface area contributed by atoms with Crippen LogP contribution in [-0.2, 0) is 0 Å². The van der Waals surface area contributed by atoms with Crippen molar-refractivity contribution >= 4 is 18.5 Å². The molecule has 1 N–H and O–H groups in total. The number of carbonyl (C=O) groups is 1. The summed E-state index contributed by atoms with van der Waals surface area (Å²) >= 11 is 4.16. The van der Waals surface area contributed by atoms with E-state index >= 15 is 0 Å². The summed E-state index contributed by atoms with van der Waals surface area (Å²) in [7, 11) is 1.91. The van der Waals surface area contributed by atoms with Crippen LogP contribution in [0.5, 0.6) is 0 Å². The quantitative estimate of drug-likeness (QED) is 0.833. The molecule has 1 fully saturated rings. The molecular formula is C14H19FN2OS. The second kappa shape index (κ2) is 6.39. The van der Waals surface area contributed by atoms with Gasteiger partial charge in [0.15, 0.2) is 0 Å². The van der Waals surface area contributed by atoms with E-state index in [9.17, 15) is 9.18 Å². The molecule has 1 aromatic carbocycles. The van der Waals surface area contributed by atoms with Crippen molar-refractivity contribution in [2.45, 2.75) is 17.7 Å². The van der Waals surface area contributed by atoms with Gasteiger partial charge in [0.25, 0.3) is 5.91 Å². The Morgan fingerprint density at radius 2 is 2.37 bits per heavy atom. The van der Waals surface area contributed by atoms with Crippen LogP contribution in [0, 0.1) is 11.7 Å². The molecule has 5 heteroatoms. The lowest BCUT2D eigenvalue weighted by Gasteiger charge is -2.32. The van der Waals surface area contributed by atoms with E-state index in [0.717, 1.165) is 19.4 Å². The van der Waals surface area contributed by atoms with E-state index in [1.807, 2.05) is 7.05 Å². The minimum absolute atomic E-state index is 0.123. The molecule has 1 atom stereocenters. The van der Waals surface area contributed by atoms with Crippen molar-refractivity contribution in [3.8, 4) is 0 Å². The number of nitrogens with one attached hydrogen (secondary N) is 1. The van der Waals surface area contributed by atoms with E-state index in [0.29, 0.717) is 23.9 Å². The van der Waals surface area contributed by atoms with E-state index in [-0.39, 0.29) is 11.5 Å². The maximum atomic E-state index is 13.7. The number of carbonyl (C=O) groups excluding carboxylic acids is 1. The monoisotopic (exact) mass is 282 g/mol. The van der Waals surface area contributed by atoms with Gasteiger partial charge in [0.2, 0.25) is 0 Å². The van der Waals surface area contributed by atoms with Crippen molar-refractivity contribution in [1.82, 2.24) is 10.2 Å². The lowest BCUT2D eigenvalue weighted by atomic mass is 9.97. The third-order valence-electron chi connectivity index (χ3n) is 3.48. The van der Waals surface area contributed by atoms with Gasteiger partial charge in [0.1, 0.15) is 5.82 Å². The van der Waals surface area contributed by atoms with E-state index in [1.54, 1.807) is 11.0 Å². The van der Waals surface area contributed by atoms with Crippen LogP contribution < -0.4 is 5.32 Å². The van der Waals surface area contributed by atoms with Gasteiger partial charge in [-0.1, -0.05) is 0 Å². The van der Waals surface area contributed by atoms with Gasteiger partial charge in [-0.2, -0.15) is 0 Å². The molecule has 1 aliphatic rings. The first kappa shape index (κ1) is 14.3. The highest BCUT2D eigenvalue weighted by atomic mass is 32.1. The number of thiol groups is 1. The molecule has 0 aliphatic carbocycles. The summed E-state index contributed by atoms with van der Waals surface area (Å²) in [4.78, 5) is 14.7. The number of halogens is 1. The Kier molecular flexibility index (Phi) is 4.82. The minimum Gasteiger partial charge on any atom is -0.338 e. The molecule has 1 heterocycles. The zero-order valence-corrected chi connectivity index (χ0v) is 11.9. The van der Waals surface area contributed by atoms with E-state index in [2.05, 4.69) is 17.9 Å². The molecule has 19 heavy (non-hydrogen) atoms. The predicted octanol–water partition coefficient (Wildman–Crippen LogP) is 2.19. The first-order chi connectivity index (χ1) is 9.11. The van der Waals surface area contributed by atoms with Gasteiger partial charge in [-0.05, 0) is 50.6 Å². The maximum absolute atomic E-state index is 13.7. The van der Waals surface area contributed by atoms with Gasteiger partial charge in [-0.15, -0.1) is 12.6 Å². The average Bonchev–Trinajstić information content (AvgIpc) is 2.41. The molecule has 1 unspecified atom stereocenters. The molecule has 1 amide bonds. The fourth-order valence-corrected chi connectivity index (χ4v) is 2.76. The molecule has 3 nitrogen and oxygen atoms in total. The lowest BCUT2D eigenvalue weighted by Crippen LogP contribution is -2.42. The number of benzene rings is 1. The van der Waals surface area contributed by atoms with Gasteiger partial charge < -0.3 is 10.2 Å². The van der Waals surface area contributed by atoms with Crippen molar-refractivity contribution in [3.63, 3.8) is 0 Å². The molecule has 1 aromatic rings. The maximum Gasteiger partial charge on any atom is 0.256 e. The topological polar surface area (TPSA) is 32.3 Å². The third kappa shape index (κ3) is 3.48. The Morgan fingerprint density at radius 3 is 3.11 bits per heavy atom. The van der Waals surface area contributed by atoms with E-state index < -0.39 is 5.82 Å². The fraction of sp³-hybridized carbons (Fsp3) is 0.500. The summed E-state index contributed by atoms with van der Waals surface area (Å²) in [5.74, 6) is -0.252. The zero-order chi connectivity index (χ0) is 13.8. The first-order valence-electron chi connectivity index (χ1n) is 6.54. The van der Waals surface area contributed by atoms with Crippen molar-refractivity contribution in [2.75, 3.05) is 26.7 Å². The van der Waals surface area contributed by atoms with Crippen LogP contribution in [0.2, 0.25) is 0 Å². The normalized spacial score (nSPS) is 19.5. The van der Waals surface area contributed by atoms with Crippen molar-refractivity contribution in [2.24, 2.45) is 5.92 Å². The molecule has 0 radical (unpaired) electrons. The molecule has 1 saturated heterocycles. The number of amides is 1. The molecule has 0 aromatic heterocycles. The SMILES string of the molecule is CNCC1CCCN(C(=O)c2cc(S)ccc2F)C1. The number of likely N-dealkylation sites (tertiary alicyclic amines) is 1. The largest absolute Gasteiger partial charge is 0.338 e. The number of piperidine rings is 1. The molecular weight excluding hydrogens is 263 g/mol. The number of hydrogen-bond acceptors (Lipinski definition) is 3. The molecule has 0 bridgehead atoms. The predicted molar refractivity (Wildman–Crippen MR) is 76.2 cm³/mol. The summed E-state index contributed by atoms with van der Waals surface area (Å²) < 4.78 is 13.7. The Balaban J connectivity index is 2.12. The number of nitrogens with zero attached hydrogens (tertiary/aromatic N) is 1. The molecule has 0 spiro atoms. The van der Waals surface area contributed by atoms with Crippen molar-refractivity contribution in [3.05, 3.63) is 29.6 Å². The summed E-state index contributed by atoms with van der Waals surface area (Å²) in [5.41, 5.74) is 0.123. The van der Waals surface area contributed by atoms with Gasteiger partial charge in [0, 0.05) is 18.0 Å². The summed E-state index contributed by atoms with van der Waals surface area (Å²) in [6.45, 7) is 2.28. The first-order valence-corrected chi connectivity index (χ1v) is 6.99. The van der Waals surface area contributed by atoms with Crippen LogP contribution in [0.4, 0.5) is 4.39 Å². The average molecular weight is 282 g/mol. The van der Waals surface area contributed by atoms with Gasteiger partial charge in [0.05, 0.1) is 5.56 Å². The standard InChI is InChI=1S/C14H19FN2OS/c1-16-8-10-3-2-6-17(9-10)14(18)12-7-11(19)4-5-13(12)15/h4-5,7,10,16,19H,2-3,6,8-9H2,1H3. The zero-order valence-electron chi connectivity index (χ0n) is 11.0. The number of rotatable bonds is 3. The Bertz CT molecular complexity index is 465. The van der Waals surface area contributed by atoms with Crippen LogP contribution in [0.25, 0.3) is 0 Å². The molecule has 2 rings (SSSR count). The summed E-state index contributed by atoms with van der Waals surface area (Å²) in [6, 6.07) is 4.35. The molecule has 1 aliphatic heterocycles. The second-order valence-corrected chi connectivity index (χ2v) is 5.50. The van der Waals surface area contributed by atoms with Crippen molar-refractivity contribution in [1.29, 1.82) is 0 Å². The van der Waals surface area contributed by atoms with Crippen LogP contribution in [0.3, 0.4) is 0 Å². The smallest absolute Gasteiger partial charge is 0.256 e. The number of hydrogen-bond donors (Lipinski definition) is 2.